The average molecular weight is 462 g/mol. The summed E-state index contributed by atoms with van der Waals surface area (Å²) in [5.41, 5.74) is 4.43. The number of nitro groups is 1. The Morgan fingerprint density at radius 2 is 1.79 bits per heavy atom. The van der Waals surface area contributed by atoms with Crippen LogP contribution in [0.15, 0.2) is 60.7 Å². The number of amides is 1. The SMILES string of the molecule is COc1cc2c(cc1OC)C(c1ccccc1)N(CC(=O)Nc1cc([N+](=O)[O-])ccc1C)CC2. The van der Waals surface area contributed by atoms with Crippen molar-refractivity contribution in [1.82, 2.24) is 4.90 Å². The second kappa shape index (κ2) is 9.93. The number of nitrogens with zero attached hydrogens (tertiary/aromatic N) is 2. The van der Waals surface area contributed by atoms with Crippen LogP contribution in [-0.2, 0) is 11.2 Å². The molecular formula is C26H27N3O5. The highest BCUT2D eigenvalue weighted by molar-refractivity contribution is 5.93. The van der Waals surface area contributed by atoms with Crippen LogP contribution in [0.2, 0.25) is 0 Å². The van der Waals surface area contributed by atoms with E-state index < -0.39 is 4.92 Å². The van der Waals surface area contributed by atoms with E-state index in [1.54, 1.807) is 20.3 Å². The Balaban J connectivity index is 1.65. The first-order chi connectivity index (χ1) is 16.4. The third kappa shape index (κ3) is 4.72. The summed E-state index contributed by atoms with van der Waals surface area (Å²) in [4.78, 5) is 25.9. The predicted molar refractivity (Wildman–Crippen MR) is 130 cm³/mol. The number of ether oxygens (including phenoxy) is 2. The van der Waals surface area contributed by atoms with Crippen molar-refractivity contribution in [2.75, 3.05) is 32.6 Å². The van der Waals surface area contributed by atoms with Crippen LogP contribution in [0, 0.1) is 17.0 Å². The molecule has 4 rings (SSSR count). The summed E-state index contributed by atoms with van der Waals surface area (Å²) in [6.45, 7) is 2.61. The Kier molecular flexibility index (Phi) is 6.79. The van der Waals surface area contributed by atoms with Gasteiger partial charge in [-0.2, -0.15) is 0 Å². The fourth-order valence-electron chi connectivity index (χ4n) is 4.43. The van der Waals surface area contributed by atoms with Gasteiger partial charge < -0.3 is 14.8 Å². The molecule has 0 radical (unpaired) electrons. The second-order valence-corrected chi connectivity index (χ2v) is 8.24. The molecule has 1 aliphatic rings. The molecule has 1 heterocycles. The zero-order chi connectivity index (χ0) is 24.2. The molecule has 0 saturated heterocycles. The van der Waals surface area contributed by atoms with Gasteiger partial charge in [0.15, 0.2) is 11.5 Å². The number of benzene rings is 3. The van der Waals surface area contributed by atoms with Gasteiger partial charge in [0.25, 0.3) is 5.69 Å². The molecule has 1 unspecified atom stereocenters. The molecule has 1 N–H and O–H groups in total. The van der Waals surface area contributed by atoms with Gasteiger partial charge >= 0.3 is 0 Å². The lowest BCUT2D eigenvalue weighted by atomic mass is 9.87. The molecule has 0 spiro atoms. The van der Waals surface area contributed by atoms with Gasteiger partial charge in [0.05, 0.1) is 37.4 Å². The first-order valence-electron chi connectivity index (χ1n) is 11.0. The number of nitro benzene ring substituents is 1. The summed E-state index contributed by atoms with van der Waals surface area (Å²) in [7, 11) is 3.23. The van der Waals surface area contributed by atoms with E-state index >= 15 is 0 Å². The molecule has 0 saturated carbocycles. The molecule has 0 aliphatic carbocycles. The Morgan fingerprint density at radius 3 is 2.47 bits per heavy atom. The summed E-state index contributed by atoms with van der Waals surface area (Å²) in [6, 6.07) is 18.3. The number of carbonyl (C=O) groups excluding carboxylic acids is 1. The van der Waals surface area contributed by atoms with Crippen LogP contribution in [0.25, 0.3) is 0 Å². The molecule has 176 valence electrons. The van der Waals surface area contributed by atoms with E-state index in [9.17, 15) is 14.9 Å². The molecular weight excluding hydrogens is 434 g/mol. The van der Waals surface area contributed by atoms with Gasteiger partial charge in [-0.3, -0.25) is 19.8 Å². The maximum absolute atomic E-state index is 13.1. The number of hydrogen-bond donors (Lipinski definition) is 1. The maximum Gasteiger partial charge on any atom is 0.271 e. The Labute approximate surface area is 198 Å². The number of nitrogens with one attached hydrogen (secondary N) is 1. The number of non-ortho nitro benzene ring substituents is 1. The van der Waals surface area contributed by atoms with E-state index in [0.717, 1.165) is 28.7 Å². The maximum atomic E-state index is 13.1. The van der Waals surface area contributed by atoms with Gasteiger partial charge in [0.2, 0.25) is 5.91 Å². The van der Waals surface area contributed by atoms with Crippen molar-refractivity contribution in [2.45, 2.75) is 19.4 Å². The minimum atomic E-state index is -0.468. The number of rotatable bonds is 7. The van der Waals surface area contributed by atoms with Crippen LogP contribution >= 0.6 is 0 Å². The molecule has 3 aromatic rings. The summed E-state index contributed by atoms with van der Waals surface area (Å²) in [6.07, 6.45) is 0.752. The monoisotopic (exact) mass is 461 g/mol. The fraction of sp³-hybridized carbons (Fsp3) is 0.269. The number of carbonyl (C=O) groups is 1. The smallest absolute Gasteiger partial charge is 0.271 e. The summed E-state index contributed by atoms with van der Waals surface area (Å²) < 4.78 is 11.0. The van der Waals surface area contributed by atoms with Crippen molar-refractivity contribution in [2.24, 2.45) is 0 Å². The molecule has 34 heavy (non-hydrogen) atoms. The normalized spacial score (nSPS) is 15.3. The standard InChI is InChI=1S/C26H27N3O5/c1-17-9-10-20(29(31)32)14-22(17)27-25(30)16-28-12-11-19-13-23(33-2)24(34-3)15-21(19)26(28)18-7-5-4-6-8-18/h4-10,13-15,26H,11-12,16H2,1-3H3,(H,27,30). The van der Waals surface area contributed by atoms with Crippen molar-refractivity contribution >= 4 is 17.3 Å². The third-order valence-corrected chi connectivity index (χ3v) is 6.14. The van der Waals surface area contributed by atoms with E-state index in [1.807, 2.05) is 49.4 Å². The van der Waals surface area contributed by atoms with E-state index in [-0.39, 0.29) is 24.2 Å². The highest BCUT2D eigenvalue weighted by Gasteiger charge is 2.31. The molecule has 0 fully saturated rings. The van der Waals surface area contributed by atoms with Gasteiger partial charge in [-0.05, 0) is 47.7 Å². The minimum Gasteiger partial charge on any atom is -0.493 e. The molecule has 0 aromatic heterocycles. The number of anilines is 1. The number of fused-ring (bicyclic) bond motifs is 1. The topological polar surface area (TPSA) is 93.9 Å². The van der Waals surface area contributed by atoms with E-state index in [1.165, 1.54) is 12.1 Å². The fourth-order valence-corrected chi connectivity index (χ4v) is 4.43. The second-order valence-electron chi connectivity index (χ2n) is 8.24. The largest absolute Gasteiger partial charge is 0.493 e. The van der Waals surface area contributed by atoms with Gasteiger partial charge in [-0.15, -0.1) is 0 Å². The Bertz CT molecular complexity index is 1210. The molecule has 1 amide bonds. The van der Waals surface area contributed by atoms with Crippen LogP contribution in [-0.4, -0.2) is 43.0 Å². The highest BCUT2D eigenvalue weighted by atomic mass is 16.6. The zero-order valence-electron chi connectivity index (χ0n) is 19.4. The Morgan fingerprint density at radius 1 is 1.09 bits per heavy atom. The number of aryl methyl sites for hydroxylation is 1. The van der Waals surface area contributed by atoms with Crippen LogP contribution < -0.4 is 14.8 Å². The van der Waals surface area contributed by atoms with Crippen molar-refractivity contribution in [3.05, 3.63) is 93.0 Å². The first kappa shape index (κ1) is 23.3. The molecule has 0 bridgehead atoms. The molecule has 8 heteroatoms. The molecule has 8 nitrogen and oxygen atoms in total. The lowest BCUT2D eigenvalue weighted by Gasteiger charge is -2.37. The van der Waals surface area contributed by atoms with Gasteiger partial charge in [-0.1, -0.05) is 36.4 Å². The van der Waals surface area contributed by atoms with E-state index in [4.69, 9.17) is 9.47 Å². The molecule has 3 aromatic carbocycles. The van der Waals surface area contributed by atoms with Crippen LogP contribution in [0.5, 0.6) is 11.5 Å². The third-order valence-electron chi connectivity index (χ3n) is 6.14. The van der Waals surface area contributed by atoms with Crippen molar-refractivity contribution < 1.29 is 19.2 Å². The van der Waals surface area contributed by atoms with Crippen molar-refractivity contribution in [1.29, 1.82) is 0 Å². The highest BCUT2D eigenvalue weighted by Crippen LogP contribution is 2.40. The first-order valence-corrected chi connectivity index (χ1v) is 11.0. The van der Waals surface area contributed by atoms with E-state index in [0.29, 0.717) is 23.7 Å². The van der Waals surface area contributed by atoms with Crippen LogP contribution in [0.1, 0.15) is 28.3 Å². The van der Waals surface area contributed by atoms with Crippen molar-refractivity contribution in [3.63, 3.8) is 0 Å². The minimum absolute atomic E-state index is 0.0593. The Hall–Kier alpha value is -3.91. The molecule has 1 atom stereocenters. The van der Waals surface area contributed by atoms with Gasteiger partial charge in [0.1, 0.15) is 0 Å². The lowest BCUT2D eigenvalue weighted by molar-refractivity contribution is -0.384. The van der Waals surface area contributed by atoms with Crippen LogP contribution in [0.3, 0.4) is 0 Å². The van der Waals surface area contributed by atoms with E-state index in [2.05, 4.69) is 10.2 Å². The summed E-state index contributed by atoms with van der Waals surface area (Å²) in [5.74, 6) is 1.09. The average Bonchev–Trinajstić information content (AvgIpc) is 2.84. The van der Waals surface area contributed by atoms with Crippen LogP contribution in [0.4, 0.5) is 11.4 Å². The summed E-state index contributed by atoms with van der Waals surface area (Å²) in [5, 5.41) is 14.0. The lowest BCUT2D eigenvalue weighted by Crippen LogP contribution is -2.41. The van der Waals surface area contributed by atoms with Gasteiger partial charge in [0, 0.05) is 18.7 Å². The quantitative estimate of drug-likeness (QED) is 0.411. The zero-order valence-corrected chi connectivity index (χ0v) is 19.4. The van der Waals surface area contributed by atoms with Crippen molar-refractivity contribution in [3.8, 4) is 11.5 Å². The number of methoxy groups -OCH3 is 2. The van der Waals surface area contributed by atoms with Gasteiger partial charge in [-0.25, -0.2) is 0 Å². The molecule has 1 aliphatic heterocycles. The summed E-state index contributed by atoms with van der Waals surface area (Å²) >= 11 is 0. The predicted octanol–water partition coefficient (Wildman–Crippen LogP) is 4.51. The number of hydrogen-bond acceptors (Lipinski definition) is 6.